The van der Waals surface area contributed by atoms with Crippen LogP contribution in [0.1, 0.15) is 61.6 Å². The lowest BCUT2D eigenvalue weighted by molar-refractivity contribution is -0.139. The van der Waals surface area contributed by atoms with Crippen molar-refractivity contribution in [1.82, 2.24) is 4.90 Å². The van der Waals surface area contributed by atoms with Crippen LogP contribution in [0, 0.1) is 0 Å². The van der Waals surface area contributed by atoms with Gasteiger partial charge in [-0.25, -0.2) is 0 Å². The van der Waals surface area contributed by atoms with Crippen molar-refractivity contribution >= 4 is 17.4 Å². The van der Waals surface area contributed by atoms with Crippen LogP contribution in [0.5, 0.6) is 5.75 Å². The van der Waals surface area contributed by atoms with Gasteiger partial charge >= 0.3 is 0 Å². The lowest BCUT2D eigenvalue weighted by Crippen LogP contribution is -2.31. The van der Waals surface area contributed by atoms with Gasteiger partial charge in [-0.1, -0.05) is 75.4 Å². The Morgan fingerprint density at radius 3 is 2.38 bits per heavy atom. The summed E-state index contributed by atoms with van der Waals surface area (Å²) in [5, 5.41) is 11.5. The predicted molar refractivity (Wildman–Crippen MR) is 145 cm³/mol. The molecular weight excluding hydrogens is 462 g/mol. The van der Waals surface area contributed by atoms with Crippen LogP contribution in [0.25, 0.3) is 5.76 Å². The second-order valence-electron chi connectivity index (χ2n) is 11.1. The lowest BCUT2D eigenvalue weighted by atomic mass is 9.85. The van der Waals surface area contributed by atoms with E-state index in [9.17, 15) is 14.7 Å². The Morgan fingerprint density at radius 2 is 1.70 bits per heavy atom. The molecule has 2 atom stereocenters. The van der Waals surface area contributed by atoms with Crippen LogP contribution in [-0.2, 0) is 27.8 Å². The van der Waals surface area contributed by atoms with Crippen molar-refractivity contribution < 1.29 is 19.4 Å². The molecule has 5 rings (SSSR count). The summed E-state index contributed by atoms with van der Waals surface area (Å²) in [6.07, 6.45) is 1.41. The maximum Gasteiger partial charge on any atom is 0.295 e. The molecule has 0 aromatic heterocycles. The lowest BCUT2D eigenvalue weighted by Gasteiger charge is -2.26. The van der Waals surface area contributed by atoms with Crippen LogP contribution in [0.15, 0.2) is 78.4 Å². The van der Waals surface area contributed by atoms with E-state index in [0.29, 0.717) is 18.5 Å². The van der Waals surface area contributed by atoms with Crippen LogP contribution in [-0.4, -0.2) is 34.3 Å². The number of aliphatic hydroxyl groups excluding tert-OH is 1. The second-order valence-corrected chi connectivity index (χ2v) is 11.1. The van der Waals surface area contributed by atoms with Gasteiger partial charge in [-0.05, 0) is 59.2 Å². The molecule has 0 bridgehead atoms. The van der Waals surface area contributed by atoms with E-state index in [2.05, 4.69) is 20.8 Å². The molecule has 190 valence electrons. The number of carbonyl (C=O) groups excluding carboxylic acids is 2. The normalized spacial score (nSPS) is 20.7. The molecule has 0 aliphatic carbocycles. The van der Waals surface area contributed by atoms with E-state index >= 15 is 0 Å². The fourth-order valence-corrected chi connectivity index (χ4v) is 5.24. The summed E-state index contributed by atoms with van der Waals surface area (Å²) in [5.74, 6) is -0.587. The summed E-state index contributed by atoms with van der Waals surface area (Å²) in [7, 11) is 0. The van der Waals surface area contributed by atoms with Crippen molar-refractivity contribution in [2.45, 2.75) is 58.1 Å². The molecule has 5 heteroatoms. The monoisotopic (exact) mass is 495 g/mol. The maximum atomic E-state index is 13.4. The molecule has 3 aromatic rings. The van der Waals surface area contributed by atoms with Crippen LogP contribution in [0.2, 0.25) is 0 Å². The number of amides is 1. The first-order chi connectivity index (χ1) is 17.6. The molecule has 1 amide bonds. The highest BCUT2D eigenvalue weighted by Crippen LogP contribution is 2.41. The van der Waals surface area contributed by atoms with Gasteiger partial charge < -0.3 is 14.7 Å². The van der Waals surface area contributed by atoms with E-state index in [0.717, 1.165) is 34.4 Å². The summed E-state index contributed by atoms with van der Waals surface area (Å²) in [6.45, 7) is 8.80. The molecule has 2 unspecified atom stereocenters. The first-order valence-electron chi connectivity index (χ1n) is 12.9. The predicted octanol–water partition coefficient (Wildman–Crippen LogP) is 5.97. The Bertz CT molecular complexity index is 1370. The standard InChI is InChI=1S/C32H33NO4/c1-20-18-24-19-23(12-15-26(24)37-20)29(34)27-28(22-10-13-25(14-11-22)32(2,3)4)33(31(36)30(27)35)17-16-21-8-6-5-7-9-21/h5-15,19-20,28,34H,16-18H2,1-4H3/b29-27-. The highest BCUT2D eigenvalue weighted by molar-refractivity contribution is 6.46. The number of rotatable bonds is 5. The maximum absolute atomic E-state index is 13.4. The molecule has 0 saturated carbocycles. The van der Waals surface area contributed by atoms with Crippen molar-refractivity contribution in [3.63, 3.8) is 0 Å². The summed E-state index contributed by atoms with van der Waals surface area (Å²) >= 11 is 0. The zero-order chi connectivity index (χ0) is 26.3. The van der Waals surface area contributed by atoms with Crippen molar-refractivity contribution in [3.05, 3.63) is 106 Å². The minimum Gasteiger partial charge on any atom is -0.507 e. The van der Waals surface area contributed by atoms with E-state index in [1.807, 2.05) is 73.7 Å². The first kappa shape index (κ1) is 24.8. The van der Waals surface area contributed by atoms with Gasteiger partial charge in [-0.3, -0.25) is 9.59 Å². The molecular formula is C32H33NO4. The molecule has 1 saturated heterocycles. The number of hydrogen-bond acceptors (Lipinski definition) is 4. The van der Waals surface area contributed by atoms with Crippen LogP contribution >= 0.6 is 0 Å². The number of benzene rings is 3. The number of aliphatic hydroxyl groups is 1. The fourth-order valence-electron chi connectivity index (χ4n) is 5.24. The average molecular weight is 496 g/mol. The smallest absolute Gasteiger partial charge is 0.295 e. The van der Waals surface area contributed by atoms with Gasteiger partial charge in [-0.2, -0.15) is 0 Å². The van der Waals surface area contributed by atoms with Gasteiger partial charge in [-0.15, -0.1) is 0 Å². The summed E-state index contributed by atoms with van der Waals surface area (Å²) < 4.78 is 5.80. The summed E-state index contributed by atoms with van der Waals surface area (Å²) in [5.41, 5.74) is 4.66. The number of hydrogen-bond donors (Lipinski definition) is 1. The highest BCUT2D eigenvalue weighted by atomic mass is 16.5. The molecule has 37 heavy (non-hydrogen) atoms. The minimum absolute atomic E-state index is 0.0305. The van der Waals surface area contributed by atoms with Gasteiger partial charge in [0.25, 0.3) is 11.7 Å². The quantitative estimate of drug-likeness (QED) is 0.269. The number of likely N-dealkylation sites (tertiary alicyclic amines) is 1. The van der Waals surface area contributed by atoms with E-state index in [4.69, 9.17) is 4.74 Å². The topological polar surface area (TPSA) is 66.8 Å². The first-order valence-corrected chi connectivity index (χ1v) is 12.9. The molecule has 2 aliphatic rings. The third-order valence-electron chi connectivity index (χ3n) is 7.29. The molecule has 1 N–H and O–H groups in total. The Balaban J connectivity index is 1.58. The number of Topliss-reactive ketones (excluding diaryl/α,β-unsaturated/α-hetero) is 1. The van der Waals surface area contributed by atoms with E-state index in [1.54, 1.807) is 11.0 Å². The largest absolute Gasteiger partial charge is 0.507 e. The van der Waals surface area contributed by atoms with E-state index in [-0.39, 0.29) is 22.9 Å². The molecule has 2 heterocycles. The number of ketones is 1. The molecule has 2 aliphatic heterocycles. The minimum atomic E-state index is -0.666. The average Bonchev–Trinajstić information content (AvgIpc) is 3.37. The Kier molecular flexibility index (Phi) is 6.40. The third-order valence-corrected chi connectivity index (χ3v) is 7.29. The number of nitrogens with zero attached hydrogens (tertiary/aromatic N) is 1. The second kappa shape index (κ2) is 9.55. The Hall–Kier alpha value is -3.86. The SMILES string of the molecule is CC1Cc2cc(/C(O)=C3/C(=O)C(=O)N(CCc4ccccc4)C3c3ccc(C(C)(C)C)cc3)ccc2O1. The molecule has 5 nitrogen and oxygen atoms in total. The van der Waals surface area contributed by atoms with Crippen molar-refractivity contribution in [3.8, 4) is 5.75 Å². The zero-order valence-electron chi connectivity index (χ0n) is 21.8. The molecule has 1 fully saturated rings. The van der Waals surface area contributed by atoms with Gasteiger partial charge in [0.2, 0.25) is 0 Å². The zero-order valence-corrected chi connectivity index (χ0v) is 21.8. The molecule has 0 spiro atoms. The Labute approximate surface area is 218 Å². The van der Waals surface area contributed by atoms with Crippen molar-refractivity contribution in [1.29, 1.82) is 0 Å². The van der Waals surface area contributed by atoms with Crippen LogP contribution in [0.3, 0.4) is 0 Å². The van der Waals surface area contributed by atoms with E-state index < -0.39 is 17.7 Å². The molecule has 0 radical (unpaired) electrons. The number of carbonyl (C=O) groups is 2. The van der Waals surface area contributed by atoms with Crippen molar-refractivity contribution in [2.75, 3.05) is 6.54 Å². The van der Waals surface area contributed by atoms with Gasteiger partial charge in [0.1, 0.15) is 17.6 Å². The van der Waals surface area contributed by atoms with Gasteiger partial charge in [0, 0.05) is 18.5 Å². The third kappa shape index (κ3) is 4.78. The van der Waals surface area contributed by atoms with Gasteiger partial charge in [0.05, 0.1) is 11.6 Å². The fraction of sp³-hybridized carbons (Fsp3) is 0.312. The van der Waals surface area contributed by atoms with Crippen LogP contribution in [0.4, 0.5) is 0 Å². The van der Waals surface area contributed by atoms with Gasteiger partial charge in [0.15, 0.2) is 0 Å². The molecule has 3 aromatic carbocycles. The van der Waals surface area contributed by atoms with Crippen LogP contribution < -0.4 is 4.74 Å². The number of ether oxygens (including phenoxy) is 1. The van der Waals surface area contributed by atoms with Crippen molar-refractivity contribution in [2.24, 2.45) is 0 Å². The summed E-state index contributed by atoms with van der Waals surface area (Å²) in [4.78, 5) is 28.3. The highest BCUT2D eigenvalue weighted by Gasteiger charge is 2.46. The van der Waals surface area contributed by atoms with E-state index in [1.165, 1.54) is 0 Å². The summed E-state index contributed by atoms with van der Waals surface area (Å²) in [6, 6.07) is 22.7. The number of fused-ring (bicyclic) bond motifs is 1. The Morgan fingerprint density at radius 1 is 1.00 bits per heavy atom.